The summed E-state index contributed by atoms with van der Waals surface area (Å²) in [5.74, 6) is -0.0138. The average molecular weight is 220 g/mol. The van der Waals surface area contributed by atoms with Crippen molar-refractivity contribution in [1.82, 2.24) is 4.90 Å². The molecule has 0 aromatic heterocycles. The van der Waals surface area contributed by atoms with Crippen LogP contribution in [0.3, 0.4) is 0 Å². The van der Waals surface area contributed by atoms with Crippen molar-refractivity contribution in [2.75, 3.05) is 13.1 Å². The quantitative estimate of drug-likeness (QED) is 0.756. The van der Waals surface area contributed by atoms with E-state index in [1.807, 2.05) is 12.1 Å². The number of β-amino-alcohol motifs (C(OH)–C–C–N with tert-alkyl or cyclic N) is 1. The minimum absolute atomic E-state index is 0.0138. The largest absolute Gasteiger partial charge is 0.391 e. The number of aliphatic hydroxyl groups excluding tert-OH is 1. The summed E-state index contributed by atoms with van der Waals surface area (Å²) in [5, 5.41) is 9.37. The molecule has 1 saturated heterocycles. The topological polar surface area (TPSA) is 66.6 Å². The number of amides is 1. The van der Waals surface area contributed by atoms with Gasteiger partial charge in [-0.1, -0.05) is 12.1 Å². The van der Waals surface area contributed by atoms with Gasteiger partial charge in [0.15, 0.2) is 0 Å². The lowest BCUT2D eigenvalue weighted by Crippen LogP contribution is -2.29. The fraction of sp³-hybridized carbons (Fsp3) is 0.417. The van der Waals surface area contributed by atoms with Gasteiger partial charge in [0, 0.05) is 25.2 Å². The molecule has 0 radical (unpaired) electrons. The molecule has 1 atom stereocenters. The monoisotopic (exact) mass is 220 g/mol. The maximum Gasteiger partial charge on any atom is 0.253 e. The van der Waals surface area contributed by atoms with E-state index in [4.69, 9.17) is 5.73 Å². The van der Waals surface area contributed by atoms with Crippen LogP contribution in [0.4, 0.5) is 0 Å². The Kier molecular flexibility index (Phi) is 3.22. The summed E-state index contributed by atoms with van der Waals surface area (Å²) in [6.07, 6.45) is 0.305. The smallest absolute Gasteiger partial charge is 0.253 e. The van der Waals surface area contributed by atoms with Crippen molar-refractivity contribution in [2.45, 2.75) is 19.1 Å². The average Bonchev–Trinajstić information content (AvgIpc) is 2.75. The maximum atomic E-state index is 12.0. The van der Waals surface area contributed by atoms with Gasteiger partial charge >= 0.3 is 0 Å². The van der Waals surface area contributed by atoms with Crippen LogP contribution in [0.15, 0.2) is 24.3 Å². The third-order valence-corrected chi connectivity index (χ3v) is 2.89. The van der Waals surface area contributed by atoms with E-state index in [0.29, 0.717) is 31.6 Å². The van der Waals surface area contributed by atoms with Gasteiger partial charge in [0.2, 0.25) is 0 Å². The number of rotatable bonds is 2. The van der Waals surface area contributed by atoms with Gasteiger partial charge in [0.25, 0.3) is 5.91 Å². The van der Waals surface area contributed by atoms with Crippen molar-refractivity contribution in [3.05, 3.63) is 35.4 Å². The number of aliphatic hydroxyl groups is 1. The third kappa shape index (κ3) is 2.23. The molecule has 16 heavy (non-hydrogen) atoms. The number of nitrogens with zero attached hydrogens (tertiary/aromatic N) is 1. The first kappa shape index (κ1) is 11.1. The van der Waals surface area contributed by atoms with Crippen molar-refractivity contribution >= 4 is 5.91 Å². The lowest BCUT2D eigenvalue weighted by atomic mass is 10.1. The van der Waals surface area contributed by atoms with E-state index in [0.717, 1.165) is 5.56 Å². The van der Waals surface area contributed by atoms with Crippen LogP contribution in [0.1, 0.15) is 22.3 Å². The van der Waals surface area contributed by atoms with Crippen LogP contribution < -0.4 is 5.73 Å². The van der Waals surface area contributed by atoms with E-state index in [1.165, 1.54) is 0 Å². The summed E-state index contributed by atoms with van der Waals surface area (Å²) in [4.78, 5) is 13.7. The first-order chi connectivity index (χ1) is 7.70. The summed E-state index contributed by atoms with van der Waals surface area (Å²) in [5.41, 5.74) is 7.16. The highest BCUT2D eigenvalue weighted by Crippen LogP contribution is 2.14. The number of nitrogens with two attached hydrogens (primary N) is 1. The lowest BCUT2D eigenvalue weighted by Gasteiger charge is -2.15. The summed E-state index contributed by atoms with van der Waals surface area (Å²) in [6.45, 7) is 1.56. The molecule has 4 heteroatoms. The van der Waals surface area contributed by atoms with E-state index < -0.39 is 0 Å². The van der Waals surface area contributed by atoms with Crippen LogP contribution in [0, 0.1) is 0 Å². The summed E-state index contributed by atoms with van der Waals surface area (Å²) < 4.78 is 0. The number of carbonyl (C=O) groups excluding carboxylic acids is 1. The minimum Gasteiger partial charge on any atom is -0.391 e. The van der Waals surface area contributed by atoms with Crippen molar-refractivity contribution in [2.24, 2.45) is 5.73 Å². The molecule has 1 aromatic rings. The number of benzene rings is 1. The molecule has 1 amide bonds. The highest BCUT2D eigenvalue weighted by atomic mass is 16.3. The Morgan fingerprint density at radius 1 is 1.44 bits per heavy atom. The molecule has 0 bridgehead atoms. The Morgan fingerprint density at radius 3 is 2.62 bits per heavy atom. The molecule has 1 aliphatic rings. The zero-order valence-corrected chi connectivity index (χ0v) is 9.10. The number of hydrogen-bond acceptors (Lipinski definition) is 3. The van der Waals surface area contributed by atoms with Gasteiger partial charge in [-0.2, -0.15) is 0 Å². The number of hydrogen-bond donors (Lipinski definition) is 2. The number of carbonyl (C=O) groups is 1. The van der Waals surface area contributed by atoms with Crippen LogP contribution in [0.25, 0.3) is 0 Å². The molecule has 86 valence electrons. The Hall–Kier alpha value is -1.39. The van der Waals surface area contributed by atoms with Crippen LogP contribution >= 0.6 is 0 Å². The van der Waals surface area contributed by atoms with Crippen LogP contribution in [0.2, 0.25) is 0 Å². The van der Waals surface area contributed by atoms with Crippen molar-refractivity contribution in [3.63, 3.8) is 0 Å². The molecule has 0 spiro atoms. The fourth-order valence-corrected chi connectivity index (χ4v) is 1.89. The van der Waals surface area contributed by atoms with Crippen molar-refractivity contribution in [3.8, 4) is 0 Å². The van der Waals surface area contributed by atoms with E-state index >= 15 is 0 Å². The number of likely N-dealkylation sites (tertiary alicyclic amines) is 1. The van der Waals surface area contributed by atoms with Gasteiger partial charge in [-0.3, -0.25) is 4.79 Å². The molecular weight excluding hydrogens is 204 g/mol. The third-order valence-electron chi connectivity index (χ3n) is 2.89. The Bertz CT molecular complexity index is 375. The van der Waals surface area contributed by atoms with Gasteiger partial charge < -0.3 is 15.7 Å². The molecular formula is C12H16N2O2. The zero-order valence-electron chi connectivity index (χ0n) is 9.10. The van der Waals surface area contributed by atoms with Gasteiger partial charge in [0.05, 0.1) is 6.10 Å². The second-order valence-electron chi connectivity index (χ2n) is 4.09. The van der Waals surface area contributed by atoms with Gasteiger partial charge in [-0.15, -0.1) is 0 Å². The molecule has 1 heterocycles. The van der Waals surface area contributed by atoms with Gasteiger partial charge in [-0.05, 0) is 24.1 Å². The van der Waals surface area contributed by atoms with E-state index in [2.05, 4.69) is 0 Å². The summed E-state index contributed by atoms with van der Waals surface area (Å²) >= 11 is 0. The fourth-order valence-electron chi connectivity index (χ4n) is 1.89. The summed E-state index contributed by atoms with van der Waals surface area (Å²) in [7, 11) is 0. The molecule has 2 rings (SSSR count). The molecule has 0 unspecified atom stereocenters. The Morgan fingerprint density at radius 2 is 2.12 bits per heavy atom. The van der Waals surface area contributed by atoms with Crippen molar-refractivity contribution in [1.29, 1.82) is 0 Å². The minimum atomic E-state index is -0.368. The zero-order chi connectivity index (χ0) is 11.5. The van der Waals surface area contributed by atoms with E-state index in [-0.39, 0.29) is 12.0 Å². The van der Waals surface area contributed by atoms with E-state index in [1.54, 1.807) is 17.0 Å². The SMILES string of the molecule is NCc1ccc(C(=O)N2CC[C@H](O)C2)cc1. The summed E-state index contributed by atoms with van der Waals surface area (Å²) in [6, 6.07) is 7.30. The molecule has 1 aromatic carbocycles. The lowest BCUT2D eigenvalue weighted by molar-refractivity contribution is 0.0765. The maximum absolute atomic E-state index is 12.0. The van der Waals surface area contributed by atoms with Crippen LogP contribution in [-0.4, -0.2) is 35.1 Å². The highest BCUT2D eigenvalue weighted by Gasteiger charge is 2.25. The Balaban J connectivity index is 2.08. The van der Waals surface area contributed by atoms with Gasteiger partial charge in [-0.25, -0.2) is 0 Å². The standard InChI is InChI=1S/C12H16N2O2/c13-7-9-1-3-10(4-2-9)12(16)14-6-5-11(15)8-14/h1-4,11,15H,5-8,13H2/t11-/m0/s1. The second-order valence-corrected chi connectivity index (χ2v) is 4.09. The predicted molar refractivity (Wildman–Crippen MR) is 60.9 cm³/mol. The second kappa shape index (κ2) is 4.63. The molecule has 1 aliphatic heterocycles. The highest BCUT2D eigenvalue weighted by molar-refractivity contribution is 5.94. The van der Waals surface area contributed by atoms with Gasteiger partial charge in [0.1, 0.15) is 0 Å². The van der Waals surface area contributed by atoms with Crippen molar-refractivity contribution < 1.29 is 9.90 Å². The predicted octanol–water partition coefficient (Wildman–Crippen LogP) is 0.352. The molecule has 1 fully saturated rings. The van der Waals surface area contributed by atoms with Crippen LogP contribution in [0.5, 0.6) is 0 Å². The Labute approximate surface area is 94.7 Å². The molecule has 4 nitrogen and oxygen atoms in total. The van der Waals surface area contributed by atoms with Crippen LogP contribution in [-0.2, 0) is 6.54 Å². The molecule has 0 aliphatic carbocycles. The molecule has 0 saturated carbocycles. The van der Waals surface area contributed by atoms with E-state index in [9.17, 15) is 9.90 Å². The molecule has 3 N–H and O–H groups in total. The normalized spacial score (nSPS) is 20.1. The first-order valence-corrected chi connectivity index (χ1v) is 5.47. The first-order valence-electron chi connectivity index (χ1n) is 5.47.